The zero-order chi connectivity index (χ0) is 17.1. The van der Waals surface area contributed by atoms with Gasteiger partial charge in [0.15, 0.2) is 27.9 Å². The molecule has 0 saturated heterocycles. The number of amides is 1. The lowest BCUT2D eigenvalue weighted by molar-refractivity contribution is 0.0520. The highest BCUT2D eigenvalue weighted by molar-refractivity contribution is 7.14. The van der Waals surface area contributed by atoms with Crippen molar-refractivity contribution in [2.45, 2.75) is 6.92 Å². The van der Waals surface area contributed by atoms with E-state index in [1.54, 1.807) is 19.1 Å². The first-order valence-electron chi connectivity index (χ1n) is 7.13. The molecule has 1 amide bonds. The van der Waals surface area contributed by atoms with E-state index in [9.17, 15) is 9.59 Å². The summed E-state index contributed by atoms with van der Waals surface area (Å²) in [6.45, 7) is 1.97. The second kappa shape index (κ2) is 6.71. The fourth-order valence-corrected chi connectivity index (χ4v) is 2.77. The monoisotopic (exact) mass is 346 g/mol. The van der Waals surface area contributed by atoms with Gasteiger partial charge in [-0.25, -0.2) is 9.78 Å². The Labute approximate surface area is 141 Å². The van der Waals surface area contributed by atoms with Crippen LogP contribution in [0.2, 0.25) is 0 Å². The number of nitrogens with zero attached hydrogens (tertiary/aromatic N) is 1. The largest absolute Gasteiger partial charge is 0.493 e. The Balaban J connectivity index is 1.79. The van der Waals surface area contributed by atoms with Gasteiger partial charge in [0.05, 0.1) is 13.7 Å². The SMILES string of the molecule is CCOC(=O)c1csc(NC(=O)c2cc3cccc(OC)c3o2)n1. The van der Waals surface area contributed by atoms with Gasteiger partial charge in [0.2, 0.25) is 0 Å². The topological polar surface area (TPSA) is 90.7 Å². The maximum absolute atomic E-state index is 12.3. The molecule has 0 spiro atoms. The Morgan fingerprint density at radius 2 is 2.21 bits per heavy atom. The molecule has 0 fully saturated rings. The number of nitrogens with one attached hydrogen (secondary N) is 1. The van der Waals surface area contributed by atoms with Crippen LogP contribution in [0.5, 0.6) is 5.75 Å². The Bertz CT molecular complexity index is 899. The standard InChI is InChI=1S/C16H14N2O5S/c1-3-22-15(20)10-8-24-16(17-10)18-14(19)12-7-9-5-4-6-11(21-2)13(9)23-12/h4-8H,3H2,1-2H3,(H,17,18,19). The molecule has 0 radical (unpaired) electrons. The third-order valence-corrected chi connectivity index (χ3v) is 3.92. The van der Waals surface area contributed by atoms with Crippen molar-refractivity contribution in [3.63, 3.8) is 0 Å². The molecular formula is C16H14N2O5S. The van der Waals surface area contributed by atoms with Gasteiger partial charge in [-0.2, -0.15) is 0 Å². The first-order valence-corrected chi connectivity index (χ1v) is 8.01. The van der Waals surface area contributed by atoms with Gasteiger partial charge >= 0.3 is 5.97 Å². The molecule has 0 aliphatic rings. The number of furan rings is 1. The fourth-order valence-electron chi connectivity index (χ4n) is 2.10. The number of methoxy groups -OCH3 is 1. The van der Waals surface area contributed by atoms with Crippen molar-refractivity contribution in [1.29, 1.82) is 0 Å². The number of ether oxygens (including phenoxy) is 2. The van der Waals surface area contributed by atoms with Crippen molar-refractivity contribution in [3.8, 4) is 5.75 Å². The van der Waals surface area contributed by atoms with Crippen molar-refractivity contribution >= 4 is 39.3 Å². The van der Waals surface area contributed by atoms with Gasteiger partial charge in [-0.1, -0.05) is 12.1 Å². The molecule has 2 aromatic heterocycles. The second-order valence-electron chi connectivity index (χ2n) is 4.70. The van der Waals surface area contributed by atoms with Crippen LogP contribution >= 0.6 is 11.3 Å². The van der Waals surface area contributed by atoms with Crippen LogP contribution < -0.4 is 10.1 Å². The smallest absolute Gasteiger partial charge is 0.357 e. The number of esters is 1. The van der Waals surface area contributed by atoms with Crippen LogP contribution in [-0.2, 0) is 4.74 Å². The number of benzene rings is 1. The van der Waals surface area contributed by atoms with E-state index in [-0.39, 0.29) is 23.2 Å². The van der Waals surface area contributed by atoms with Crippen LogP contribution in [0.25, 0.3) is 11.0 Å². The Morgan fingerprint density at radius 3 is 2.96 bits per heavy atom. The molecule has 24 heavy (non-hydrogen) atoms. The molecule has 1 N–H and O–H groups in total. The van der Waals surface area contributed by atoms with Gasteiger partial charge in [0.1, 0.15) is 0 Å². The van der Waals surface area contributed by atoms with E-state index in [1.807, 2.05) is 12.1 Å². The van der Waals surface area contributed by atoms with Gasteiger partial charge in [0.25, 0.3) is 5.91 Å². The van der Waals surface area contributed by atoms with Crippen LogP contribution in [0.3, 0.4) is 0 Å². The molecule has 0 atom stereocenters. The summed E-state index contributed by atoms with van der Waals surface area (Å²) in [5.74, 6) is -0.312. The second-order valence-corrected chi connectivity index (χ2v) is 5.56. The number of carbonyl (C=O) groups excluding carboxylic acids is 2. The highest BCUT2D eigenvalue weighted by Gasteiger charge is 2.17. The number of thiazole rings is 1. The fraction of sp³-hybridized carbons (Fsp3) is 0.188. The maximum Gasteiger partial charge on any atom is 0.357 e. The van der Waals surface area contributed by atoms with Crippen LogP contribution in [0.15, 0.2) is 34.1 Å². The molecule has 7 nitrogen and oxygen atoms in total. The molecular weight excluding hydrogens is 332 g/mol. The summed E-state index contributed by atoms with van der Waals surface area (Å²) in [4.78, 5) is 27.9. The lowest BCUT2D eigenvalue weighted by atomic mass is 10.2. The van der Waals surface area contributed by atoms with E-state index >= 15 is 0 Å². The lowest BCUT2D eigenvalue weighted by Crippen LogP contribution is -2.11. The molecule has 0 bridgehead atoms. The molecule has 0 aliphatic carbocycles. The van der Waals surface area contributed by atoms with Gasteiger partial charge in [-0.05, 0) is 19.1 Å². The summed E-state index contributed by atoms with van der Waals surface area (Å²) in [6.07, 6.45) is 0. The summed E-state index contributed by atoms with van der Waals surface area (Å²) >= 11 is 1.13. The van der Waals surface area contributed by atoms with Crippen LogP contribution in [0.4, 0.5) is 5.13 Å². The number of carbonyl (C=O) groups is 2. The number of para-hydroxylation sites is 1. The van der Waals surface area contributed by atoms with Crippen molar-refractivity contribution < 1.29 is 23.5 Å². The van der Waals surface area contributed by atoms with Crippen LogP contribution in [-0.4, -0.2) is 30.6 Å². The number of fused-ring (bicyclic) bond motifs is 1. The first-order chi connectivity index (χ1) is 11.6. The zero-order valence-electron chi connectivity index (χ0n) is 13.0. The van der Waals surface area contributed by atoms with Crippen molar-refractivity contribution in [3.05, 3.63) is 41.1 Å². The minimum absolute atomic E-state index is 0.127. The van der Waals surface area contributed by atoms with Crippen molar-refractivity contribution in [1.82, 2.24) is 4.98 Å². The van der Waals surface area contributed by atoms with Crippen molar-refractivity contribution in [2.24, 2.45) is 0 Å². The highest BCUT2D eigenvalue weighted by Crippen LogP contribution is 2.29. The Morgan fingerprint density at radius 1 is 1.38 bits per heavy atom. The maximum atomic E-state index is 12.3. The van der Waals surface area contributed by atoms with E-state index in [1.165, 1.54) is 12.5 Å². The van der Waals surface area contributed by atoms with Crippen LogP contribution in [0, 0.1) is 0 Å². The third kappa shape index (κ3) is 3.09. The van der Waals surface area contributed by atoms with Crippen molar-refractivity contribution in [2.75, 3.05) is 19.0 Å². The predicted octanol–water partition coefficient (Wildman–Crippen LogP) is 3.33. The van der Waals surface area contributed by atoms with E-state index in [0.29, 0.717) is 11.3 Å². The van der Waals surface area contributed by atoms with Gasteiger partial charge in [-0.3, -0.25) is 10.1 Å². The number of aromatic nitrogens is 1. The van der Waals surface area contributed by atoms with Gasteiger partial charge in [0, 0.05) is 10.8 Å². The van der Waals surface area contributed by atoms with Crippen LogP contribution in [0.1, 0.15) is 28.0 Å². The lowest BCUT2D eigenvalue weighted by Gasteiger charge is -1.99. The summed E-state index contributed by atoms with van der Waals surface area (Å²) in [5, 5.41) is 5.17. The number of rotatable bonds is 5. The number of hydrogen-bond donors (Lipinski definition) is 1. The van der Waals surface area contributed by atoms with E-state index in [4.69, 9.17) is 13.9 Å². The minimum atomic E-state index is -0.525. The molecule has 1 aromatic carbocycles. The molecule has 3 rings (SSSR count). The summed E-state index contributed by atoms with van der Waals surface area (Å²) in [7, 11) is 1.53. The Kier molecular flexibility index (Phi) is 4.48. The van der Waals surface area contributed by atoms with Gasteiger partial charge < -0.3 is 13.9 Å². The third-order valence-electron chi connectivity index (χ3n) is 3.16. The summed E-state index contributed by atoms with van der Waals surface area (Å²) in [5.41, 5.74) is 0.653. The molecule has 3 aromatic rings. The molecule has 0 aliphatic heterocycles. The number of anilines is 1. The quantitative estimate of drug-likeness (QED) is 0.713. The zero-order valence-corrected chi connectivity index (χ0v) is 13.8. The van der Waals surface area contributed by atoms with Gasteiger partial charge in [-0.15, -0.1) is 11.3 Å². The molecule has 8 heteroatoms. The normalized spacial score (nSPS) is 10.6. The highest BCUT2D eigenvalue weighted by atomic mass is 32.1. The summed E-state index contributed by atoms with van der Waals surface area (Å²) < 4.78 is 15.6. The van der Waals surface area contributed by atoms with E-state index < -0.39 is 11.9 Å². The van der Waals surface area contributed by atoms with E-state index in [2.05, 4.69) is 10.3 Å². The average Bonchev–Trinajstić information content (AvgIpc) is 3.21. The molecule has 124 valence electrons. The first kappa shape index (κ1) is 16.0. The Hall–Kier alpha value is -2.87. The molecule has 0 saturated carbocycles. The number of hydrogen-bond acceptors (Lipinski definition) is 7. The minimum Gasteiger partial charge on any atom is -0.493 e. The molecule has 0 unspecified atom stereocenters. The molecule has 2 heterocycles. The predicted molar refractivity (Wildman–Crippen MR) is 88.8 cm³/mol. The average molecular weight is 346 g/mol. The van der Waals surface area contributed by atoms with E-state index in [0.717, 1.165) is 16.7 Å². The summed E-state index contributed by atoms with van der Waals surface area (Å²) in [6, 6.07) is 7.00.